The first-order valence-electron chi connectivity index (χ1n) is 8.05. The van der Waals surface area contributed by atoms with Crippen molar-refractivity contribution in [2.45, 2.75) is 45.1 Å². The molecule has 0 spiro atoms. The van der Waals surface area contributed by atoms with Crippen LogP contribution in [0.3, 0.4) is 0 Å². The lowest BCUT2D eigenvalue weighted by Crippen LogP contribution is -2.36. The van der Waals surface area contributed by atoms with Crippen molar-refractivity contribution >= 4 is 18.4 Å². The number of likely N-dealkylation sites (tertiary alicyclic amines) is 1. The zero-order valence-corrected chi connectivity index (χ0v) is 14.6. The first kappa shape index (κ1) is 19.0. The van der Waals surface area contributed by atoms with E-state index in [2.05, 4.69) is 25.8 Å². The second kappa shape index (κ2) is 9.16. The third kappa shape index (κ3) is 4.99. The van der Waals surface area contributed by atoms with Gasteiger partial charge < -0.3 is 9.64 Å². The molecule has 0 saturated carbocycles. The number of rotatable bonds is 5. The molecular formula is C18H28ClNO2. The van der Waals surface area contributed by atoms with Crippen molar-refractivity contribution in [1.82, 2.24) is 4.90 Å². The molecule has 0 aliphatic carbocycles. The second-order valence-electron chi connectivity index (χ2n) is 6.21. The molecule has 1 heterocycles. The van der Waals surface area contributed by atoms with Crippen molar-refractivity contribution in [2.75, 3.05) is 20.1 Å². The van der Waals surface area contributed by atoms with Crippen molar-refractivity contribution < 1.29 is 9.53 Å². The summed E-state index contributed by atoms with van der Waals surface area (Å²) < 4.78 is 5.81. The van der Waals surface area contributed by atoms with Crippen LogP contribution in [-0.4, -0.2) is 37.1 Å². The van der Waals surface area contributed by atoms with Crippen LogP contribution in [0.4, 0.5) is 0 Å². The zero-order valence-electron chi connectivity index (χ0n) is 13.8. The minimum absolute atomic E-state index is 0. The van der Waals surface area contributed by atoms with Crippen LogP contribution in [-0.2, 0) is 9.53 Å². The van der Waals surface area contributed by atoms with Gasteiger partial charge >= 0.3 is 5.97 Å². The fourth-order valence-corrected chi connectivity index (χ4v) is 2.93. The van der Waals surface area contributed by atoms with Crippen LogP contribution in [0.15, 0.2) is 30.3 Å². The van der Waals surface area contributed by atoms with Gasteiger partial charge in [-0.1, -0.05) is 50.6 Å². The molecule has 0 radical (unpaired) electrons. The first-order valence-corrected chi connectivity index (χ1v) is 8.05. The van der Waals surface area contributed by atoms with E-state index >= 15 is 0 Å². The van der Waals surface area contributed by atoms with E-state index in [4.69, 9.17) is 4.74 Å². The molecule has 4 heteroatoms. The predicted molar refractivity (Wildman–Crippen MR) is 92.5 cm³/mol. The van der Waals surface area contributed by atoms with Crippen LogP contribution in [0.25, 0.3) is 0 Å². The standard InChI is InChI=1S/C18H27NO2.ClH/c1-4-14(2)17(15-8-6-5-7-9-15)18(20)21-16-10-12-19(3)13-11-16;/h5-9,14,16-17H,4,10-13H2,1-3H3;1H. The van der Waals surface area contributed by atoms with E-state index in [0.717, 1.165) is 37.9 Å². The molecule has 1 aliphatic rings. The SMILES string of the molecule is CCC(C)C(C(=O)OC1CCN(C)CC1)c1ccccc1.Cl. The van der Waals surface area contributed by atoms with E-state index in [0.29, 0.717) is 5.92 Å². The Morgan fingerprint density at radius 1 is 1.27 bits per heavy atom. The summed E-state index contributed by atoms with van der Waals surface area (Å²) in [5.41, 5.74) is 1.07. The predicted octanol–water partition coefficient (Wildman–Crippen LogP) is 3.88. The monoisotopic (exact) mass is 325 g/mol. The van der Waals surface area contributed by atoms with Crippen molar-refractivity contribution in [3.8, 4) is 0 Å². The molecule has 22 heavy (non-hydrogen) atoms. The highest BCUT2D eigenvalue weighted by molar-refractivity contribution is 5.85. The fraction of sp³-hybridized carbons (Fsp3) is 0.611. The molecule has 1 aliphatic heterocycles. The Bertz CT molecular complexity index is 444. The molecule has 0 N–H and O–H groups in total. The topological polar surface area (TPSA) is 29.5 Å². The highest BCUT2D eigenvalue weighted by Crippen LogP contribution is 2.29. The number of esters is 1. The third-order valence-corrected chi connectivity index (χ3v) is 4.57. The Labute approximate surface area is 140 Å². The van der Waals surface area contributed by atoms with Gasteiger partial charge in [-0.2, -0.15) is 0 Å². The Morgan fingerprint density at radius 3 is 2.41 bits per heavy atom. The summed E-state index contributed by atoms with van der Waals surface area (Å²) >= 11 is 0. The van der Waals surface area contributed by atoms with Gasteiger partial charge in [0.05, 0.1) is 5.92 Å². The quantitative estimate of drug-likeness (QED) is 0.769. The van der Waals surface area contributed by atoms with Crippen LogP contribution < -0.4 is 0 Å². The van der Waals surface area contributed by atoms with Crippen molar-refractivity contribution in [1.29, 1.82) is 0 Å². The van der Waals surface area contributed by atoms with Crippen LogP contribution in [0.2, 0.25) is 0 Å². The normalized spacial score (nSPS) is 19.0. The zero-order chi connectivity index (χ0) is 15.2. The number of piperidine rings is 1. The number of halogens is 1. The summed E-state index contributed by atoms with van der Waals surface area (Å²) in [4.78, 5) is 14.9. The number of nitrogens with zero attached hydrogens (tertiary/aromatic N) is 1. The van der Waals surface area contributed by atoms with Gasteiger partial charge in [0.2, 0.25) is 0 Å². The van der Waals surface area contributed by atoms with Gasteiger partial charge in [-0.25, -0.2) is 0 Å². The lowest BCUT2D eigenvalue weighted by molar-refractivity contribution is -0.154. The Morgan fingerprint density at radius 2 is 1.86 bits per heavy atom. The molecule has 2 rings (SSSR count). The molecule has 0 bridgehead atoms. The summed E-state index contributed by atoms with van der Waals surface area (Å²) in [6.45, 7) is 6.28. The number of ether oxygens (including phenoxy) is 1. The van der Waals surface area contributed by atoms with E-state index in [1.54, 1.807) is 0 Å². The van der Waals surface area contributed by atoms with Crippen LogP contribution in [0, 0.1) is 5.92 Å². The number of carbonyl (C=O) groups is 1. The van der Waals surface area contributed by atoms with Gasteiger partial charge in [0.1, 0.15) is 6.10 Å². The Kier molecular flexibility index (Phi) is 7.91. The maximum Gasteiger partial charge on any atom is 0.313 e. The lowest BCUT2D eigenvalue weighted by atomic mass is 9.85. The molecule has 2 atom stereocenters. The van der Waals surface area contributed by atoms with Gasteiger partial charge in [-0.3, -0.25) is 4.79 Å². The summed E-state index contributed by atoms with van der Waals surface area (Å²) in [5, 5.41) is 0. The smallest absolute Gasteiger partial charge is 0.313 e. The van der Waals surface area contributed by atoms with Gasteiger partial charge in [0.25, 0.3) is 0 Å². The van der Waals surface area contributed by atoms with Gasteiger partial charge in [0, 0.05) is 13.1 Å². The molecule has 3 nitrogen and oxygen atoms in total. The highest BCUT2D eigenvalue weighted by atomic mass is 35.5. The Balaban J connectivity index is 0.00000242. The van der Waals surface area contributed by atoms with Crippen molar-refractivity contribution in [3.63, 3.8) is 0 Å². The summed E-state index contributed by atoms with van der Waals surface area (Å²) in [6, 6.07) is 10.0. The molecule has 124 valence electrons. The van der Waals surface area contributed by atoms with Crippen LogP contribution >= 0.6 is 12.4 Å². The number of hydrogen-bond donors (Lipinski definition) is 0. The van der Waals surface area contributed by atoms with Crippen molar-refractivity contribution in [2.24, 2.45) is 5.92 Å². The number of carbonyl (C=O) groups excluding carboxylic acids is 1. The van der Waals surface area contributed by atoms with E-state index in [9.17, 15) is 4.79 Å². The van der Waals surface area contributed by atoms with Crippen LogP contribution in [0.1, 0.15) is 44.6 Å². The maximum absolute atomic E-state index is 12.7. The van der Waals surface area contributed by atoms with E-state index in [1.807, 2.05) is 30.3 Å². The highest BCUT2D eigenvalue weighted by Gasteiger charge is 2.30. The third-order valence-electron chi connectivity index (χ3n) is 4.57. The molecule has 0 amide bonds. The summed E-state index contributed by atoms with van der Waals surface area (Å²) in [5.74, 6) is 0.104. The maximum atomic E-state index is 12.7. The molecule has 1 aromatic rings. The summed E-state index contributed by atoms with van der Waals surface area (Å²) in [6.07, 6.45) is 2.96. The average Bonchev–Trinajstić information content (AvgIpc) is 2.50. The molecule has 2 unspecified atom stereocenters. The van der Waals surface area contributed by atoms with E-state index in [1.165, 1.54) is 0 Å². The molecule has 1 aromatic carbocycles. The Hall–Kier alpha value is -1.06. The van der Waals surface area contributed by atoms with Gasteiger partial charge in [-0.15, -0.1) is 12.4 Å². The molecule has 1 fully saturated rings. The minimum atomic E-state index is -0.143. The van der Waals surface area contributed by atoms with Crippen molar-refractivity contribution in [3.05, 3.63) is 35.9 Å². The average molecular weight is 326 g/mol. The minimum Gasteiger partial charge on any atom is -0.462 e. The molecular weight excluding hydrogens is 298 g/mol. The summed E-state index contributed by atoms with van der Waals surface area (Å²) in [7, 11) is 2.12. The second-order valence-corrected chi connectivity index (χ2v) is 6.21. The number of hydrogen-bond acceptors (Lipinski definition) is 3. The number of benzene rings is 1. The van der Waals surface area contributed by atoms with Crippen LogP contribution in [0.5, 0.6) is 0 Å². The lowest BCUT2D eigenvalue weighted by Gasteiger charge is -2.31. The molecule has 0 aromatic heterocycles. The fourth-order valence-electron chi connectivity index (χ4n) is 2.93. The van der Waals surface area contributed by atoms with E-state index in [-0.39, 0.29) is 30.4 Å². The largest absolute Gasteiger partial charge is 0.462 e. The first-order chi connectivity index (χ1) is 10.1. The van der Waals surface area contributed by atoms with Gasteiger partial charge in [0.15, 0.2) is 0 Å². The van der Waals surface area contributed by atoms with E-state index < -0.39 is 0 Å². The molecule has 1 saturated heterocycles. The van der Waals surface area contributed by atoms with Gasteiger partial charge in [-0.05, 0) is 31.4 Å².